The van der Waals surface area contributed by atoms with Crippen molar-refractivity contribution in [3.63, 3.8) is 0 Å². The number of ether oxygens (including phenoxy) is 1. The second-order valence-electron chi connectivity index (χ2n) is 7.10. The van der Waals surface area contributed by atoms with Crippen molar-refractivity contribution in [2.45, 2.75) is 32.0 Å². The monoisotopic (exact) mass is 348 g/mol. The highest BCUT2D eigenvalue weighted by molar-refractivity contribution is 6.08. The molecule has 1 aromatic heterocycles. The SMILES string of the molecule is CC1COC(c2ccccc2)C(C)N1CC(=O)c1c[nH]c2ccccc12. The largest absolute Gasteiger partial charge is 0.370 e. The van der Waals surface area contributed by atoms with Gasteiger partial charge in [-0.25, -0.2) is 0 Å². The third-order valence-electron chi connectivity index (χ3n) is 5.39. The molecule has 0 spiro atoms. The van der Waals surface area contributed by atoms with E-state index >= 15 is 0 Å². The lowest BCUT2D eigenvalue weighted by atomic mass is 9.97. The van der Waals surface area contributed by atoms with Gasteiger partial charge in [0.15, 0.2) is 5.78 Å². The van der Waals surface area contributed by atoms with Gasteiger partial charge in [0.1, 0.15) is 0 Å². The standard InChI is InChI=1S/C22H24N2O2/c1-15-14-26-22(17-8-4-3-5-9-17)16(2)24(15)13-21(25)19-12-23-20-11-7-6-10-18(19)20/h3-12,15-16,22-23H,13-14H2,1-2H3. The first-order valence-corrected chi connectivity index (χ1v) is 9.17. The number of H-pyrrole nitrogens is 1. The van der Waals surface area contributed by atoms with Crippen LogP contribution in [0, 0.1) is 0 Å². The number of nitrogens with zero attached hydrogens (tertiary/aromatic N) is 1. The first kappa shape index (κ1) is 17.0. The van der Waals surface area contributed by atoms with Crippen molar-refractivity contribution in [2.75, 3.05) is 13.2 Å². The Kier molecular flexibility index (Phi) is 4.62. The highest BCUT2D eigenvalue weighted by Gasteiger charge is 2.35. The van der Waals surface area contributed by atoms with E-state index in [-0.39, 0.29) is 24.0 Å². The van der Waals surface area contributed by atoms with Crippen LogP contribution < -0.4 is 0 Å². The number of hydrogen-bond donors (Lipinski definition) is 1. The molecule has 0 amide bonds. The lowest BCUT2D eigenvalue weighted by molar-refractivity contribution is -0.0918. The van der Waals surface area contributed by atoms with Crippen molar-refractivity contribution < 1.29 is 9.53 Å². The molecule has 0 radical (unpaired) electrons. The Morgan fingerprint density at radius 2 is 1.85 bits per heavy atom. The number of rotatable bonds is 4. The molecule has 1 saturated heterocycles. The molecule has 4 nitrogen and oxygen atoms in total. The summed E-state index contributed by atoms with van der Waals surface area (Å²) in [6.07, 6.45) is 1.82. The normalized spacial score (nSPS) is 24.0. The number of ketones is 1. The van der Waals surface area contributed by atoms with E-state index in [9.17, 15) is 4.79 Å². The molecule has 0 saturated carbocycles. The molecule has 26 heavy (non-hydrogen) atoms. The molecule has 1 aliphatic rings. The third kappa shape index (κ3) is 3.06. The molecule has 134 valence electrons. The number of aromatic nitrogens is 1. The van der Waals surface area contributed by atoms with E-state index in [2.05, 4.69) is 35.9 Å². The second kappa shape index (κ2) is 7.06. The van der Waals surface area contributed by atoms with E-state index in [0.717, 1.165) is 22.0 Å². The van der Waals surface area contributed by atoms with Gasteiger partial charge in [-0.15, -0.1) is 0 Å². The zero-order valence-corrected chi connectivity index (χ0v) is 15.2. The lowest BCUT2D eigenvalue weighted by Crippen LogP contribution is -2.52. The van der Waals surface area contributed by atoms with Crippen molar-refractivity contribution in [3.05, 3.63) is 71.9 Å². The molecule has 4 rings (SSSR count). The maximum absolute atomic E-state index is 13.0. The van der Waals surface area contributed by atoms with Crippen LogP contribution >= 0.6 is 0 Å². The summed E-state index contributed by atoms with van der Waals surface area (Å²) in [5, 5.41) is 0.991. The fraction of sp³-hybridized carbons (Fsp3) is 0.318. The van der Waals surface area contributed by atoms with Crippen LogP contribution in [0.4, 0.5) is 0 Å². The van der Waals surface area contributed by atoms with Crippen molar-refractivity contribution in [1.82, 2.24) is 9.88 Å². The minimum absolute atomic E-state index is 0.0110. The van der Waals surface area contributed by atoms with Gasteiger partial charge in [0.2, 0.25) is 0 Å². The average molecular weight is 348 g/mol. The molecular weight excluding hydrogens is 324 g/mol. The van der Waals surface area contributed by atoms with E-state index in [1.54, 1.807) is 0 Å². The number of aromatic amines is 1. The number of hydrogen-bond acceptors (Lipinski definition) is 3. The third-order valence-corrected chi connectivity index (χ3v) is 5.39. The molecule has 2 heterocycles. The summed E-state index contributed by atoms with van der Waals surface area (Å²) < 4.78 is 6.10. The summed E-state index contributed by atoms with van der Waals surface area (Å²) in [7, 11) is 0. The van der Waals surface area contributed by atoms with Crippen molar-refractivity contribution in [3.8, 4) is 0 Å². The van der Waals surface area contributed by atoms with Gasteiger partial charge in [-0.2, -0.15) is 0 Å². The highest BCUT2D eigenvalue weighted by atomic mass is 16.5. The minimum Gasteiger partial charge on any atom is -0.370 e. The van der Waals surface area contributed by atoms with Crippen LogP contribution in [0.1, 0.15) is 35.9 Å². The molecule has 4 heteroatoms. The van der Waals surface area contributed by atoms with E-state index in [1.165, 1.54) is 0 Å². The molecule has 1 fully saturated rings. The minimum atomic E-state index is -0.0110. The molecule has 1 N–H and O–H groups in total. The summed E-state index contributed by atoms with van der Waals surface area (Å²) in [6.45, 7) is 5.30. The Morgan fingerprint density at radius 1 is 1.12 bits per heavy atom. The van der Waals surface area contributed by atoms with Crippen molar-refractivity contribution in [2.24, 2.45) is 0 Å². The molecule has 0 bridgehead atoms. The van der Waals surface area contributed by atoms with Gasteiger partial charge in [0.05, 0.1) is 19.3 Å². The van der Waals surface area contributed by atoms with Crippen LogP contribution in [0.3, 0.4) is 0 Å². The maximum atomic E-state index is 13.0. The second-order valence-corrected chi connectivity index (χ2v) is 7.10. The van der Waals surface area contributed by atoms with E-state index in [1.807, 2.05) is 48.7 Å². The van der Waals surface area contributed by atoms with Crippen LogP contribution in [0.15, 0.2) is 60.8 Å². The maximum Gasteiger partial charge on any atom is 0.178 e. The smallest absolute Gasteiger partial charge is 0.178 e. The first-order valence-electron chi connectivity index (χ1n) is 9.17. The van der Waals surface area contributed by atoms with Crippen LogP contribution in [0.2, 0.25) is 0 Å². The topological polar surface area (TPSA) is 45.3 Å². The molecular formula is C22H24N2O2. The first-order chi connectivity index (χ1) is 12.6. The number of nitrogens with one attached hydrogen (secondary N) is 1. The summed E-state index contributed by atoms with van der Waals surface area (Å²) in [6, 6.07) is 18.5. The number of benzene rings is 2. The molecule has 1 aliphatic heterocycles. The quantitative estimate of drug-likeness (QED) is 0.719. The summed E-state index contributed by atoms with van der Waals surface area (Å²) in [5.74, 6) is 0.148. The van der Waals surface area contributed by atoms with Crippen LogP contribution in [0.25, 0.3) is 10.9 Å². The zero-order chi connectivity index (χ0) is 18.1. The number of fused-ring (bicyclic) bond motifs is 1. The average Bonchev–Trinajstić information content (AvgIpc) is 3.10. The number of para-hydroxylation sites is 1. The Morgan fingerprint density at radius 3 is 2.65 bits per heavy atom. The van der Waals surface area contributed by atoms with Gasteiger partial charge in [0, 0.05) is 34.7 Å². The summed E-state index contributed by atoms with van der Waals surface area (Å²) in [4.78, 5) is 18.5. The molecule has 3 atom stereocenters. The van der Waals surface area contributed by atoms with E-state index < -0.39 is 0 Å². The molecule has 3 unspecified atom stereocenters. The van der Waals surface area contributed by atoms with E-state index in [0.29, 0.717) is 13.2 Å². The lowest BCUT2D eigenvalue weighted by Gasteiger charge is -2.43. The van der Waals surface area contributed by atoms with Gasteiger partial charge in [-0.3, -0.25) is 9.69 Å². The van der Waals surface area contributed by atoms with Gasteiger partial charge in [-0.1, -0.05) is 48.5 Å². The Hall–Kier alpha value is -2.43. The molecule has 2 aromatic carbocycles. The van der Waals surface area contributed by atoms with Crippen LogP contribution in [-0.2, 0) is 4.74 Å². The summed E-state index contributed by atoms with van der Waals surface area (Å²) in [5.41, 5.74) is 2.93. The number of morpholine rings is 1. The number of carbonyl (C=O) groups excluding carboxylic acids is 1. The predicted molar refractivity (Wildman–Crippen MR) is 103 cm³/mol. The Labute approximate surface area is 153 Å². The van der Waals surface area contributed by atoms with E-state index in [4.69, 9.17) is 4.74 Å². The van der Waals surface area contributed by atoms with Crippen LogP contribution in [0.5, 0.6) is 0 Å². The van der Waals surface area contributed by atoms with Gasteiger partial charge in [-0.05, 0) is 25.5 Å². The Balaban J connectivity index is 1.56. The fourth-order valence-electron chi connectivity index (χ4n) is 3.92. The summed E-state index contributed by atoms with van der Waals surface area (Å²) >= 11 is 0. The number of carbonyl (C=O) groups is 1. The van der Waals surface area contributed by atoms with Crippen LogP contribution in [-0.4, -0.2) is 40.9 Å². The fourth-order valence-corrected chi connectivity index (χ4v) is 3.92. The van der Waals surface area contributed by atoms with Gasteiger partial charge >= 0.3 is 0 Å². The van der Waals surface area contributed by atoms with Gasteiger partial charge in [0.25, 0.3) is 0 Å². The highest BCUT2D eigenvalue weighted by Crippen LogP contribution is 2.31. The van der Waals surface area contributed by atoms with Gasteiger partial charge < -0.3 is 9.72 Å². The van der Waals surface area contributed by atoms with Crippen molar-refractivity contribution >= 4 is 16.7 Å². The van der Waals surface area contributed by atoms with Crippen molar-refractivity contribution in [1.29, 1.82) is 0 Å². The number of Topliss-reactive ketones (excluding diaryl/α,β-unsaturated/α-hetero) is 1. The predicted octanol–water partition coefficient (Wildman–Crippen LogP) is 4.20. The molecule has 0 aliphatic carbocycles. The molecule has 3 aromatic rings. The zero-order valence-electron chi connectivity index (χ0n) is 15.2. The Bertz CT molecular complexity index is 903.